The van der Waals surface area contributed by atoms with E-state index < -0.39 is 5.91 Å². The first-order valence-electron chi connectivity index (χ1n) is 11.8. The van der Waals surface area contributed by atoms with E-state index in [1.807, 2.05) is 13.0 Å². The van der Waals surface area contributed by atoms with Crippen LogP contribution < -0.4 is 19.5 Å². The third-order valence-electron chi connectivity index (χ3n) is 5.62. The van der Waals surface area contributed by atoms with Gasteiger partial charge in [0.1, 0.15) is 12.4 Å². The molecule has 3 aromatic carbocycles. The van der Waals surface area contributed by atoms with Crippen LogP contribution in [0.2, 0.25) is 10.0 Å². The number of rotatable bonds is 10. The van der Waals surface area contributed by atoms with E-state index in [1.54, 1.807) is 54.6 Å². The summed E-state index contributed by atoms with van der Waals surface area (Å²) in [7, 11) is 1.48. The Labute approximate surface area is 259 Å². The highest BCUT2D eigenvalue weighted by molar-refractivity contribution is 14.1. The van der Waals surface area contributed by atoms with Crippen LogP contribution in [-0.2, 0) is 9.59 Å². The van der Waals surface area contributed by atoms with Crippen molar-refractivity contribution < 1.29 is 28.6 Å². The second kappa shape index (κ2) is 13.6. The van der Waals surface area contributed by atoms with Gasteiger partial charge >= 0.3 is 0 Å². The van der Waals surface area contributed by atoms with Crippen LogP contribution in [0.5, 0.6) is 17.2 Å². The smallest absolute Gasteiger partial charge is 0.293 e. The summed E-state index contributed by atoms with van der Waals surface area (Å²) in [5.74, 6) is 0.574. The number of aryl methyl sites for hydroxylation is 1. The molecule has 1 aliphatic rings. The van der Waals surface area contributed by atoms with Gasteiger partial charge in [0.05, 0.1) is 22.1 Å². The van der Waals surface area contributed by atoms with Crippen LogP contribution in [0.3, 0.4) is 0 Å². The number of ether oxygens (including phenoxy) is 3. The number of hydrogen-bond acceptors (Lipinski definition) is 7. The molecule has 1 saturated heterocycles. The monoisotopic (exact) mass is 712 g/mol. The number of halogens is 3. The maximum absolute atomic E-state index is 12.9. The number of amides is 3. The highest BCUT2D eigenvalue weighted by Gasteiger charge is 2.35. The van der Waals surface area contributed by atoms with E-state index >= 15 is 0 Å². The number of hydrogen-bond donors (Lipinski definition) is 1. The molecule has 0 saturated carbocycles. The first-order valence-corrected chi connectivity index (χ1v) is 14.5. The number of thioether (sulfide) groups is 1. The summed E-state index contributed by atoms with van der Waals surface area (Å²) in [6.07, 6.45) is 1.62. The van der Waals surface area contributed by atoms with Crippen LogP contribution in [0.15, 0.2) is 59.5 Å². The number of carbonyl (C=O) groups excluding carboxylic acids is 3. The predicted octanol–water partition coefficient (Wildman–Crippen LogP) is 7.05. The highest BCUT2D eigenvalue weighted by atomic mass is 127. The molecular weight excluding hydrogens is 690 g/mol. The molecule has 0 aliphatic carbocycles. The average molecular weight is 713 g/mol. The van der Waals surface area contributed by atoms with E-state index in [4.69, 9.17) is 37.4 Å². The van der Waals surface area contributed by atoms with Crippen molar-refractivity contribution in [2.75, 3.05) is 32.2 Å². The number of nitrogens with zero attached hydrogens (tertiary/aromatic N) is 1. The Bertz CT molecular complexity index is 1480. The van der Waals surface area contributed by atoms with Crippen LogP contribution in [0.1, 0.15) is 11.1 Å². The van der Waals surface area contributed by atoms with Crippen molar-refractivity contribution in [1.29, 1.82) is 0 Å². The lowest BCUT2D eigenvalue weighted by molar-refractivity contribution is -0.123. The SMILES string of the molecule is COc1cc(/C=C2\SC(=O)N(CCOc3ccc(Cl)cc3)C2=O)cc(I)c1OCC(=O)Nc1ccc(C)c(Cl)c1. The number of imide groups is 1. The minimum absolute atomic E-state index is 0.106. The molecule has 0 aromatic heterocycles. The average Bonchev–Trinajstić information content (AvgIpc) is 3.18. The van der Waals surface area contributed by atoms with Crippen molar-refractivity contribution in [3.8, 4) is 17.2 Å². The summed E-state index contributed by atoms with van der Waals surface area (Å²) in [6.45, 7) is 1.87. The quantitative estimate of drug-likeness (QED) is 0.178. The zero-order chi connectivity index (χ0) is 28.8. The second-order valence-corrected chi connectivity index (χ2v) is 11.5. The molecule has 3 amide bonds. The van der Waals surface area contributed by atoms with Gasteiger partial charge in [0.15, 0.2) is 18.1 Å². The summed E-state index contributed by atoms with van der Waals surface area (Å²) in [4.78, 5) is 39.3. The Morgan fingerprint density at radius 2 is 1.82 bits per heavy atom. The highest BCUT2D eigenvalue weighted by Crippen LogP contribution is 2.37. The zero-order valence-corrected chi connectivity index (χ0v) is 25.8. The predicted molar refractivity (Wildman–Crippen MR) is 166 cm³/mol. The van der Waals surface area contributed by atoms with Gasteiger partial charge in [-0.2, -0.15) is 0 Å². The molecule has 0 spiro atoms. The van der Waals surface area contributed by atoms with Gasteiger partial charge in [-0.05, 0) is 107 Å². The maximum atomic E-state index is 12.9. The third-order valence-corrected chi connectivity index (χ3v) is 7.99. The topological polar surface area (TPSA) is 94.2 Å². The van der Waals surface area contributed by atoms with Gasteiger partial charge in [-0.1, -0.05) is 29.3 Å². The molecule has 0 bridgehead atoms. The fourth-order valence-corrected chi connectivity index (χ4v) is 5.55. The second-order valence-electron chi connectivity index (χ2n) is 8.47. The van der Waals surface area contributed by atoms with E-state index in [9.17, 15) is 14.4 Å². The number of anilines is 1. The number of methoxy groups -OCH3 is 1. The molecule has 12 heteroatoms. The van der Waals surface area contributed by atoms with Crippen molar-refractivity contribution in [3.05, 3.63) is 84.2 Å². The van der Waals surface area contributed by atoms with E-state index in [1.165, 1.54) is 7.11 Å². The van der Waals surface area contributed by atoms with Crippen LogP contribution in [-0.4, -0.2) is 48.8 Å². The maximum Gasteiger partial charge on any atom is 0.293 e. The molecular formula is C28H23Cl2IN2O6S. The minimum atomic E-state index is -0.406. The fraction of sp³-hybridized carbons (Fsp3) is 0.179. The number of benzene rings is 3. The molecule has 3 aromatic rings. The lowest BCUT2D eigenvalue weighted by Gasteiger charge is -2.14. The lowest BCUT2D eigenvalue weighted by atomic mass is 10.2. The molecule has 0 radical (unpaired) electrons. The van der Waals surface area contributed by atoms with E-state index in [0.717, 1.165) is 22.2 Å². The number of carbonyl (C=O) groups is 3. The Kier molecular flexibility index (Phi) is 10.2. The first kappa shape index (κ1) is 30.0. The van der Waals surface area contributed by atoms with Crippen LogP contribution in [0.4, 0.5) is 10.5 Å². The van der Waals surface area contributed by atoms with Crippen LogP contribution in [0, 0.1) is 10.5 Å². The van der Waals surface area contributed by atoms with Gasteiger partial charge < -0.3 is 19.5 Å². The molecule has 1 aliphatic heterocycles. The minimum Gasteiger partial charge on any atom is -0.493 e. The molecule has 1 N–H and O–H groups in total. The molecule has 40 heavy (non-hydrogen) atoms. The summed E-state index contributed by atoms with van der Waals surface area (Å²) < 4.78 is 17.5. The van der Waals surface area contributed by atoms with Gasteiger partial charge in [0, 0.05) is 15.7 Å². The first-order chi connectivity index (χ1) is 19.1. The van der Waals surface area contributed by atoms with Gasteiger partial charge in [-0.15, -0.1) is 0 Å². The Balaban J connectivity index is 1.39. The van der Waals surface area contributed by atoms with Crippen LogP contribution >= 0.6 is 57.6 Å². The van der Waals surface area contributed by atoms with Gasteiger partial charge in [-0.3, -0.25) is 19.3 Å². The summed E-state index contributed by atoms with van der Waals surface area (Å²) in [5, 5.41) is 3.50. The molecule has 8 nitrogen and oxygen atoms in total. The molecule has 4 rings (SSSR count). The number of nitrogens with one attached hydrogen (secondary N) is 1. The summed E-state index contributed by atoms with van der Waals surface area (Å²) in [6, 6.07) is 15.5. The fourth-order valence-electron chi connectivity index (χ4n) is 3.60. The van der Waals surface area contributed by atoms with Crippen molar-refractivity contribution in [1.82, 2.24) is 4.90 Å². The molecule has 1 heterocycles. The molecule has 0 atom stereocenters. The Morgan fingerprint density at radius 1 is 1.07 bits per heavy atom. The Hall–Kier alpha value is -2.93. The van der Waals surface area contributed by atoms with Crippen LogP contribution in [0.25, 0.3) is 6.08 Å². The normalized spacial score (nSPS) is 14.0. The van der Waals surface area contributed by atoms with Crippen molar-refractivity contribution in [2.24, 2.45) is 0 Å². The summed E-state index contributed by atoms with van der Waals surface area (Å²) >= 11 is 14.9. The van der Waals surface area contributed by atoms with E-state index in [2.05, 4.69) is 27.9 Å². The zero-order valence-electron chi connectivity index (χ0n) is 21.3. The standard InChI is InChI=1S/C28H23Cl2IN2O6S/c1-16-3-6-19(14-21(16)30)32-25(34)15-39-26-22(31)11-17(12-23(26)37-2)13-24-27(35)33(28(36)40-24)9-10-38-20-7-4-18(29)5-8-20/h3-8,11-14H,9-10,15H2,1-2H3,(H,32,34)/b24-13-. The largest absolute Gasteiger partial charge is 0.493 e. The Morgan fingerprint density at radius 3 is 2.52 bits per heavy atom. The van der Waals surface area contributed by atoms with Gasteiger partial charge in [0.25, 0.3) is 17.1 Å². The van der Waals surface area contributed by atoms with Gasteiger partial charge in [0.2, 0.25) is 0 Å². The van der Waals surface area contributed by atoms with E-state index in [-0.39, 0.29) is 35.8 Å². The van der Waals surface area contributed by atoms with Gasteiger partial charge in [-0.25, -0.2) is 0 Å². The molecule has 1 fully saturated rings. The molecule has 0 unspecified atom stereocenters. The third kappa shape index (κ3) is 7.62. The van der Waals surface area contributed by atoms with Crippen molar-refractivity contribution in [3.63, 3.8) is 0 Å². The lowest BCUT2D eigenvalue weighted by Crippen LogP contribution is -2.32. The summed E-state index contributed by atoms with van der Waals surface area (Å²) in [5.41, 5.74) is 2.10. The molecule has 208 valence electrons. The van der Waals surface area contributed by atoms with E-state index in [0.29, 0.717) is 42.1 Å². The van der Waals surface area contributed by atoms with Crippen molar-refractivity contribution >= 4 is 86.4 Å². The van der Waals surface area contributed by atoms with Crippen molar-refractivity contribution in [2.45, 2.75) is 6.92 Å².